The number of amides is 1. The highest BCUT2D eigenvalue weighted by Gasteiger charge is 2.21. The molecule has 4 rings (SSSR count). The van der Waals surface area contributed by atoms with Gasteiger partial charge < -0.3 is 15.1 Å². The molecule has 37 heavy (non-hydrogen) atoms. The molecule has 0 atom stereocenters. The van der Waals surface area contributed by atoms with Crippen LogP contribution in [0.4, 0.5) is 5.82 Å². The Balaban J connectivity index is 1.30. The molecule has 196 valence electrons. The summed E-state index contributed by atoms with van der Waals surface area (Å²) in [5, 5.41) is 4.13. The molecule has 0 bridgehead atoms. The monoisotopic (exact) mass is 537 g/mol. The van der Waals surface area contributed by atoms with Crippen LogP contribution in [0.5, 0.6) is 0 Å². The van der Waals surface area contributed by atoms with Crippen molar-refractivity contribution in [2.75, 3.05) is 45.2 Å². The molecule has 0 unspecified atom stereocenters. The number of rotatable bonds is 11. The highest BCUT2D eigenvalue weighted by atomic mass is 35.5. The molecule has 1 aliphatic rings. The Morgan fingerprint density at radius 1 is 1.05 bits per heavy atom. The van der Waals surface area contributed by atoms with Crippen LogP contribution < -0.4 is 10.2 Å². The van der Waals surface area contributed by atoms with Gasteiger partial charge in [-0.05, 0) is 75.5 Å². The highest BCUT2D eigenvalue weighted by Crippen LogP contribution is 2.28. The molecular weight excluding hydrogens is 502 g/mol. The van der Waals surface area contributed by atoms with Gasteiger partial charge in [-0.1, -0.05) is 65.8 Å². The first-order chi connectivity index (χ1) is 18.0. The smallest absolute Gasteiger partial charge is 0.251 e. The van der Waals surface area contributed by atoms with Gasteiger partial charge in [-0.15, -0.1) is 0 Å². The van der Waals surface area contributed by atoms with Gasteiger partial charge in [0.1, 0.15) is 11.0 Å². The predicted octanol–water partition coefficient (Wildman–Crippen LogP) is 5.56. The van der Waals surface area contributed by atoms with E-state index in [1.807, 2.05) is 44.4 Å². The van der Waals surface area contributed by atoms with Crippen molar-refractivity contribution in [3.63, 3.8) is 0 Å². The zero-order valence-corrected chi connectivity index (χ0v) is 23.3. The molecule has 3 aromatic rings. The van der Waals surface area contributed by atoms with Crippen LogP contribution in [0.1, 0.15) is 40.7 Å². The predicted molar refractivity (Wildman–Crippen MR) is 154 cm³/mol. The molecule has 1 N–H and O–H groups in total. The van der Waals surface area contributed by atoms with E-state index in [2.05, 4.69) is 50.4 Å². The average Bonchev–Trinajstić information content (AvgIpc) is 2.90. The van der Waals surface area contributed by atoms with Crippen LogP contribution in [0.25, 0.3) is 0 Å². The second-order valence-corrected chi connectivity index (χ2v) is 11.2. The van der Waals surface area contributed by atoms with E-state index in [1.54, 1.807) is 11.8 Å². The lowest BCUT2D eigenvalue weighted by atomic mass is 9.90. The van der Waals surface area contributed by atoms with Crippen molar-refractivity contribution in [3.8, 4) is 0 Å². The maximum atomic E-state index is 12.5. The van der Waals surface area contributed by atoms with Gasteiger partial charge in [0.05, 0.1) is 0 Å². The lowest BCUT2D eigenvalue weighted by Crippen LogP contribution is -2.35. The summed E-state index contributed by atoms with van der Waals surface area (Å²) in [5.74, 6) is 2.22. The van der Waals surface area contributed by atoms with E-state index in [0.29, 0.717) is 34.1 Å². The Morgan fingerprint density at radius 2 is 1.81 bits per heavy atom. The number of anilines is 1. The third-order valence-corrected chi connectivity index (χ3v) is 7.70. The molecule has 1 amide bonds. The summed E-state index contributed by atoms with van der Waals surface area (Å²) < 4.78 is 0. The molecule has 1 aromatic heterocycles. The van der Waals surface area contributed by atoms with Crippen LogP contribution in [-0.2, 0) is 12.2 Å². The Bertz CT molecular complexity index is 1150. The van der Waals surface area contributed by atoms with Gasteiger partial charge in [0.15, 0.2) is 5.16 Å². The van der Waals surface area contributed by atoms with E-state index in [9.17, 15) is 4.79 Å². The second-order valence-electron chi connectivity index (χ2n) is 9.85. The van der Waals surface area contributed by atoms with Crippen molar-refractivity contribution in [3.05, 3.63) is 82.5 Å². The Hall–Kier alpha value is -2.61. The minimum absolute atomic E-state index is 0.0393. The standard InChI is InChI=1S/C29H36ClN5OS/c1-34(2)15-7-14-31-28(36)25-11-6-10-24(19-25)21-37-29-32-26(30)20-27(33-29)35-16-12-23(13-17-35)18-22-8-4-3-5-9-22/h3-6,8-11,19-20,23H,7,12-18,21H2,1-2H3,(H,31,36). The molecule has 1 fully saturated rings. The molecule has 0 radical (unpaired) electrons. The minimum Gasteiger partial charge on any atom is -0.356 e. The fraction of sp³-hybridized carbons (Fsp3) is 0.414. The summed E-state index contributed by atoms with van der Waals surface area (Å²) in [5.41, 5.74) is 3.14. The quantitative estimate of drug-likeness (QED) is 0.149. The molecule has 6 nitrogen and oxygen atoms in total. The van der Waals surface area contributed by atoms with E-state index >= 15 is 0 Å². The number of piperidine rings is 1. The fourth-order valence-electron chi connectivity index (χ4n) is 4.58. The number of carbonyl (C=O) groups excluding carboxylic acids is 1. The van der Waals surface area contributed by atoms with E-state index in [0.717, 1.165) is 56.7 Å². The average molecular weight is 538 g/mol. The number of nitrogens with one attached hydrogen (secondary N) is 1. The molecule has 2 heterocycles. The SMILES string of the molecule is CN(C)CCCNC(=O)c1cccc(CSc2nc(Cl)cc(N3CCC(Cc4ccccc4)CC3)n2)c1. The third-order valence-electron chi connectivity index (χ3n) is 6.59. The van der Waals surface area contributed by atoms with Crippen LogP contribution >= 0.6 is 23.4 Å². The van der Waals surface area contributed by atoms with Gasteiger partial charge in [-0.3, -0.25) is 4.79 Å². The van der Waals surface area contributed by atoms with Crippen molar-refractivity contribution in [1.29, 1.82) is 0 Å². The lowest BCUT2D eigenvalue weighted by Gasteiger charge is -2.33. The third kappa shape index (κ3) is 8.73. The van der Waals surface area contributed by atoms with Gasteiger partial charge in [0.25, 0.3) is 5.91 Å². The first-order valence-electron chi connectivity index (χ1n) is 12.9. The maximum Gasteiger partial charge on any atom is 0.251 e. The first-order valence-corrected chi connectivity index (χ1v) is 14.3. The molecule has 1 saturated heterocycles. The highest BCUT2D eigenvalue weighted by molar-refractivity contribution is 7.98. The molecule has 0 aliphatic carbocycles. The normalized spacial score (nSPS) is 14.2. The van der Waals surface area contributed by atoms with Gasteiger partial charge in [0, 0.05) is 37.0 Å². The Morgan fingerprint density at radius 3 is 2.57 bits per heavy atom. The van der Waals surface area contributed by atoms with E-state index in [-0.39, 0.29) is 5.91 Å². The van der Waals surface area contributed by atoms with Crippen molar-refractivity contribution in [2.45, 2.75) is 36.6 Å². The van der Waals surface area contributed by atoms with Gasteiger partial charge >= 0.3 is 0 Å². The Labute approximate surface area is 229 Å². The van der Waals surface area contributed by atoms with Gasteiger partial charge in [-0.25, -0.2) is 9.97 Å². The van der Waals surface area contributed by atoms with E-state index < -0.39 is 0 Å². The number of aromatic nitrogens is 2. The van der Waals surface area contributed by atoms with Crippen LogP contribution in [-0.4, -0.2) is 61.0 Å². The number of hydrogen-bond acceptors (Lipinski definition) is 6. The number of carbonyl (C=O) groups is 1. The zero-order valence-electron chi connectivity index (χ0n) is 21.7. The van der Waals surface area contributed by atoms with Crippen molar-refractivity contribution >= 4 is 35.1 Å². The number of halogens is 1. The summed E-state index contributed by atoms with van der Waals surface area (Å²) in [6, 6.07) is 20.3. The summed E-state index contributed by atoms with van der Waals surface area (Å²) in [4.78, 5) is 26.2. The van der Waals surface area contributed by atoms with E-state index in [4.69, 9.17) is 16.6 Å². The van der Waals surface area contributed by atoms with Crippen LogP contribution in [0.2, 0.25) is 5.15 Å². The molecule has 0 spiro atoms. The van der Waals surface area contributed by atoms with Gasteiger partial charge in [0.2, 0.25) is 0 Å². The second kappa shape index (κ2) is 13.8. The first kappa shape index (κ1) is 27.4. The number of thioether (sulfide) groups is 1. The number of nitrogens with zero attached hydrogens (tertiary/aromatic N) is 4. The van der Waals surface area contributed by atoms with Crippen molar-refractivity contribution < 1.29 is 4.79 Å². The lowest BCUT2D eigenvalue weighted by molar-refractivity contribution is 0.0952. The fourth-order valence-corrected chi connectivity index (χ4v) is 5.60. The summed E-state index contributed by atoms with van der Waals surface area (Å²) in [6.45, 7) is 3.56. The Kier molecular flexibility index (Phi) is 10.2. The largest absolute Gasteiger partial charge is 0.356 e. The zero-order chi connectivity index (χ0) is 26.0. The molecule has 0 saturated carbocycles. The van der Waals surface area contributed by atoms with Crippen LogP contribution in [0, 0.1) is 5.92 Å². The number of benzene rings is 2. The summed E-state index contributed by atoms with van der Waals surface area (Å²) in [6.07, 6.45) is 4.34. The van der Waals surface area contributed by atoms with Crippen LogP contribution in [0.3, 0.4) is 0 Å². The summed E-state index contributed by atoms with van der Waals surface area (Å²) in [7, 11) is 4.06. The minimum atomic E-state index is -0.0393. The summed E-state index contributed by atoms with van der Waals surface area (Å²) >= 11 is 7.93. The molecule has 2 aromatic carbocycles. The van der Waals surface area contributed by atoms with E-state index in [1.165, 1.54) is 5.56 Å². The topological polar surface area (TPSA) is 61.4 Å². The number of hydrogen-bond donors (Lipinski definition) is 1. The molecule has 1 aliphatic heterocycles. The van der Waals surface area contributed by atoms with Gasteiger partial charge in [-0.2, -0.15) is 0 Å². The van der Waals surface area contributed by atoms with Crippen molar-refractivity contribution in [2.24, 2.45) is 5.92 Å². The molecule has 8 heteroatoms. The van der Waals surface area contributed by atoms with Crippen LogP contribution in [0.15, 0.2) is 65.8 Å². The molecular formula is C29H36ClN5OS. The van der Waals surface area contributed by atoms with Crippen molar-refractivity contribution in [1.82, 2.24) is 20.2 Å². The maximum absolute atomic E-state index is 12.5.